The van der Waals surface area contributed by atoms with Crippen LogP contribution in [0.15, 0.2) is 30.3 Å². The first-order valence-electron chi connectivity index (χ1n) is 9.66. The summed E-state index contributed by atoms with van der Waals surface area (Å²) in [5.74, 6) is -0.418. The summed E-state index contributed by atoms with van der Waals surface area (Å²) in [6.45, 7) is 8.17. The number of aliphatic hydroxyl groups excluding tert-OH is 1. The Balaban J connectivity index is 1.86. The minimum Gasteiger partial charge on any atom is -0.444 e. The molecule has 2 amide bonds. The Bertz CT molecular complexity index is 627. The molecule has 1 aromatic carbocycles. The fourth-order valence-corrected chi connectivity index (χ4v) is 3.38. The van der Waals surface area contributed by atoms with Crippen LogP contribution in [0.3, 0.4) is 0 Å². The normalized spacial score (nSPS) is 21.4. The number of nitrogens with zero attached hydrogens (tertiary/aromatic N) is 1. The number of nitrogens with one attached hydrogen (secondary N) is 1. The highest BCUT2D eigenvalue weighted by atomic mass is 16.6. The summed E-state index contributed by atoms with van der Waals surface area (Å²) in [4.78, 5) is 26.6. The van der Waals surface area contributed by atoms with Crippen LogP contribution in [0.1, 0.15) is 46.1 Å². The van der Waals surface area contributed by atoms with Crippen LogP contribution in [0.2, 0.25) is 0 Å². The summed E-state index contributed by atoms with van der Waals surface area (Å²) < 4.78 is 5.46. The third-order valence-electron chi connectivity index (χ3n) is 4.78. The van der Waals surface area contributed by atoms with Crippen LogP contribution in [0, 0.1) is 5.92 Å². The van der Waals surface area contributed by atoms with Gasteiger partial charge in [-0.05, 0) is 46.1 Å². The number of carbonyl (C=O) groups is 2. The van der Waals surface area contributed by atoms with Crippen LogP contribution in [0.5, 0.6) is 0 Å². The molecule has 0 spiro atoms. The minimum atomic E-state index is -0.641. The Morgan fingerprint density at radius 1 is 1.30 bits per heavy atom. The monoisotopic (exact) mass is 376 g/mol. The van der Waals surface area contributed by atoms with Crippen molar-refractivity contribution in [3.8, 4) is 0 Å². The molecule has 0 radical (unpaired) electrons. The summed E-state index contributed by atoms with van der Waals surface area (Å²) in [7, 11) is 0. The molecule has 1 aliphatic rings. The van der Waals surface area contributed by atoms with Crippen molar-refractivity contribution >= 4 is 12.0 Å². The number of likely N-dealkylation sites (tertiary alicyclic amines) is 1. The molecule has 150 valence electrons. The largest absolute Gasteiger partial charge is 0.444 e. The van der Waals surface area contributed by atoms with Crippen LogP contribution in [0.25, 0.3) is 0 Å². The van der Waals surface area contributed by atoms with Crippen molar-refractivity contribution in [3.05, 3.63) is 35.9 Å². The maximum atomic E-state index is 12.6. The first-order valence-corrected chi connectivity index (χ1v) is 9.66. The number of hydrogen-bond donors (Lipinski definition) is 2. The molecule has 1 saturated heterocycles. The zero-order chi connectivity index (χ0) is 20.0. The molecule has 27 heavy (non-hydrogen) atoms. The molecule has 6 heteroatoms. The fourth-order valence-electron chi connectivity index (χ4n) is 3.38. The minimum absolute atomic E-state index is 0.122. The number of hydrogen-bond acceptors (Lipinski definition) is 4. The van der Waals surface area contributed by atoms with Crippen molar-refractivity contribution in [1.29, 1.82) is 0 Å². The van der Waals surface area contributed by atoms with Crippen LogP contribution in [-0.4, -0.2) is 52.8 Å². The van der Waals surface area contributed by atoms with Gasteiger partial charge in [-0.25, -0.2) is 4.79 Å². The maximum Gasteiger partial charge on any atom is 0.410 e. The molecule has 0 saturated carbocycles. The van der Waals surface area contributed by atoms with Gasteiger partial charge < -0.3 is 20.1 Å². The summed E-state index contributed by atoms with van der Waals surface area (Å²) in [6.07, 6.45) is 0.953. The molecule has 2 rings (SSSR count). The van der Waals surface area contributed by atoms with Crippen molar-refractivity contribution in [1.82, 2.24) is 10.2 Å². The van der Waals surface area contributed by atoms with Gasteiger partial charge in [-0.1, -0.05) is 30.3 Å². The Morgan fingerprint density at radius 3 is 2.59 bits per heavy atom. The molecule has 1 aromatic rings. The highest BCUT2D eigenvalue weighted by molar-refractivity contribution is 5.80. The van der Waals surface area contributed by atoms with E-state index in [4.69, 9.17) is 4.74 Å². The van der Waals surface area contributed by atoms with E-state index in [0.29, 0.717) is 13.0 Å². The number of aliphatic hydroxyl groups is 1. The third kappa shape index (κ3) is 6.54. The molecular formula is C21H32N2O4. The smallest absolute Gasteiger partial charge is 0.410 e. The van der Waals surface area contributed by atoms with E-state index in [0.717, 1.165) is 18.4 Å². The van der Waals surface area contributed by atoms with Gasteiger partial charge in [0, 0.05) is 25.6 Å². The topological polar surface area (TPSA) is 78.9 Å². The van der Waals surface area contributed by atoms with Gasteiger partial charge in [-0.15, -0.1) is 0 Å². The number of ether oxygens (including phenoxy) is 1. The highest BCUT2D eigenvalue weighted by Gasteiger charge is 2.37. The number of piperidine rings is 1. The summed E-state index contributed by atoms with van der Waals surface area (Å²) in [5, 5.41) is 13.0. The molecular weight excluding hydrogens is 344 g/mol. The number of benzene rings is 1. The van der Waals surface area contributed by atoms with E-state index < -0.39 is 11.7 Å². The van der Waals surface area contributed by atoms with Crippen LogP contribution in [0.4, 0.5) is 4.79 Å². The second-order valence-electron chi connectivity index (χ2n) is 8.25. The number of rotatable bonds is 5. The van der Waals surface area contributed by atoms with Gasteiger partial charge in [0.15, 0.2) is 0 Å². The predicted molar refractivity (Wildman–Crippen MR) is 104 cm³/mol. The van der Waals surface area contributed by atoms with E-state index in [2.05, 4.69) is 5.32 Å². The lowest BCUT2D eigenvalue weighted by molar-refractivity contribution is -0.128. The zero-order valence-corrected chi connectivity index (χ0v) is 16.8. The molecule has 1 aliphatic heterocycles. The average Bonchev–Trinajstić information content (AvgIpc) is 2.59. The quantitative estimate of drug-likeness (QED) is 0.828. The van der Waals surface area contributed by atoms with E-state index in [9.17, 15) is 14.7 Å². The highest BCUT2D eigenvalue weighted by Crippen LogP contribution is 2.25. The number of carbonyl (C=O) groups excluding carboxylic acids is 2. The Kier molecular flexibility index (Phi) is 7.25. The van der Waals surface area contributed by atoms with Gasteiger partial charge in [-0.3, -0.25) is 4.79 Å². The van der Waals surface area contributed by atoms with Crippen molar-refractivity contribution in [2.24, 2.45) is 5.92 Å². The van der Waals surface area contributed by atoms with E-state index in [1.807, 2.05) is 58.0 Å². The standard InChI is InChI=1S/C21H32N2O4/c1-15-18(11-8-12-23(15)20(26)27-21(2,3)4)19(25)22-14-17(24)13-16-9-6-5-7-10-16/h5-7,9-10,15,17-18,24H,8,11-14H2,1-4H3,(H,22,25)/t15-,17-,18-/m1/s1. The second kappa shape index (κ2) is 9.22. The van der Waals surface area contributed by atoms with Gasteiger partial charge in [0.2, 0.25) is 5.91 Å². The molecule has 0 aromatic heterocycles. The summed E-state index contributed by atoms with van der Waals surface area (Å²) >= 11 is 0. The molecule has 0 bridgehead atoms. The molecule has 1 fully saturated rings. The summed E-state index contributed by atoms with van der Waals surface area (Å²) in [5.41, 5.74) is 0.467. The molecule has 3 atom stereocenters. The van der Waals surface area contributed by atoms with Crippen molar-refractivity contribution in [3.63, 3.8) is 0 Å². The lowest BCUT2D eigenvalue weighted by Gasteiger charge is -2.39. The van der Waals surface area contributed by atoms with Crippen molar-refractivity contribution < 1.29 is 19.4 Å². The maximum absolute atomic E-state index is 12.6. The second-order valence-corrected chi connectivity index (χ2v) is 8.25. The van der Waals surface area contributed by atoms with Crippen LogP contribution in [-0.2, 0) is 16.0 Å². The van der Waals surface area contributed by atoms with E-state index in [1.165, 1.54) is 0 Å². The van der Waals surface area contributed by atoms with Gasteiger partial charge in [-0.2, -0.15) is 0 Å². The van der Waals surface area contributed by atoms with Gasteiger partial charge >= 0.3 is 6.09 Å². The molecule has 1 heterocycles. The first kappa shape index (κ1) is 21.2. The predicted octanol–water partition coefficient (Wildman–Crippen LogP) is 2.74. The van der Waals surface area contributed by atoms with Gasteiger partial charge in [0.25, 0.3) is 0 Å². The first-order chi connectivity index (χ1) is 12.7. The summed E-state index contributed by atoms with van der Waals surface area (Å²) in [6, 6.07) is 9.45. The van der Waals surface area contributed by atoms with Crippen molar-refractivity contribution in [2.75, 3.05) is 13.1 Å². The SMILES string of the molecule is C[C@@H]1[C@H](C(=O)NC[C@H](O)Cc2ccccc2)CCCN1C(=O)OC(C)(C)C. The van der Waals surface area contributed by atoms with Crippen LogP contribution < -0.4 is 5.32 Å². The Morgan fingerprint density at radius 2 is 1.96 bits per heavy atom. The fraction of sp³-hybridized carbons (Fsp3) is 0.619. The lowest BCUT2D eigenvalue weighted by atomic mass is 9.89. The molecule has 0 unspecified atom stereocenters. The number of amides is 2. The van der Waals surface area contributed by atoms with E-state index in [1.54, 1.807) is 4.90 Å². The van der Waals surface area contributed by atoms with Gasteiger partial charge in [0.05, 0.1) is 12.0 Å². The van der Waals surface area contributed by atoms with Crippen LogP contribution >= 0.6 is 0 Å². The Labute approximate surface area is 161 Å². The molecule has 0 aliphatic carbocycles. The van der Waals surface area contributed by atoms with E-state index >= 15 is 0 Å². The third-order valence-corrected chi connectivity index (χ3v) is 4.78. The zero-order valence-electron chi connectivity index (χ0n) is 16.8. The average molecular weight is 376 g/mol. The van der Waals surface area contributed by atoms with Gasteiger partial charge in [0.1, 0.15) is 5.60 Å². The van der Waals surface area contributed by atoms with Crippen molar-refractivity contribution in [2.45, 2.75) is 64.7 Å². The lowest BCUT2D eigenvalue weighted by Crippen LogP contribution is -2.53. The van der Waals surface area contributed by atoms with E-state index in [-0.39, 0.29) is 30.5 Å². The molecule has 2 N–H and O–H groups in total. The Hall–Kier alpha value is -2.08. The molecule has 6 nitrogen and oxygen atoms in total.